The zero-order valence-corrected chi connectivity index (χ0v) is 10.2. The number of halogens is 2. The third kappa shape index (κ3) is 2.93. The number of carbonyl (C=O) groups is 1. The van der Waals surface area contributed by atoms with Crippen LogP contribution in [0.25, 0.3) is 0 Å². The fraction of sp³-hybridized carbons (Fsp3) is 0.222. The van der Waals surface area contributed by atoms with Crippen LogP contribution in [0.5, 0.6) is 0 Å². The molecule has 0 aromatic carbocycles. The van der Waals surface area contributed by atoms with Crippen molar-refractivity contribution in [1.82, 2.24) is 10.3 Å². The average molecular weight is 262 g/mol. The van der Waals surface area contributed by atoms with Gasteiger partial charge in [-0.1, -0.05) is 23.4 Å². The van der Waals surface area contributed by atoms with Gasteiger partial charge in [0.1, 0.15) is 5.15 Å². The summed E-state index contributed by atoms with van der Waals surface area (Å²) in [5.41, 5.74) is -0.162. The van der Waals surface area contributed by atoms with E-state index in [2.05, 4.69) is 10.3 Å². The molecule has 16 heavy (non-hydrogen) atoms. The Balaban J connectivity index is 3.04. The Hall–Kier alpha value is -1.14. The lowest BCUT2D eigenvalue weighted by molar-refractivity contribution is 0.0973. The summed E-state index contributed by atoms with van der Waals surface area (Å²) in [6, 6.07) is 1.13. The van der Waals surface area contributed by atoms with Crippen molar-refractivity contribution in [3.05, 3.63) is 28.3 Å². The summed E-state index contributed by atoms with van der Waals surface area (Å²) in [6.45, 7) is 1.41. The zero-order valence-electron chi connectivity index (χ0n) is 8.60. The predicted octanol–water partition coefficient (Wildman–Crippen LogP) is 2.21. The molecule has 7 heteroatoms. The van der Waals surface area contributed by atoms with Gasteiger partial charge in [-0.15, -0.1) is 0 Å². The highest BCUT2D eigenvalue weighted by molar-refractivity contribution is 8.13. The van der Waals surface area contributed by atoms with Gasteiger partial charge in [-0.25, -0.2) is 9.37 Å². The molecule has 0 unspecified atom stereocenters. The van der Waals surface area contributed by atoms with E-state index >= 15 is 0 Å². The SMILES string of the molecule is CSC(=N)NC(=O)c1cc(Cl)nc(C)c1F. The molecule has 0 spiro atoms. The van der Waals surface area contributed by atoms with Gasteiger partial charge in [-0.05, 0) is 19.2 Å². The van der Waals surface area contributed by atoms with Crippen molar-refractivity contribution in [3.8, 4) is 0 Å². The Morgan fingerprint density at radius 2 is 2.31 bits per heavy atom. The fourth-order valence-corrected chi connectivity index (χ4v) is 1.44. The van der Waals surface area contributed by atoms with E-state index in [9.17, 15) is 9.18 Å². The van der Waals surface area contributed by atoms with Gasteiger partial charge < -0.3 is 5.32 Å². The molecule has 1 rings (SSSR count). The van der Waals surface area contributed by atoms with Gasteiger partial charge in [0, 0.05) is 0 Å². The summed E-state index contributed by atoms with van der Waals surface area (Å²) in [6.07, 6.45) is 1.63. The maximum absolute atomic E-state index is 13.5. The second-order valence-electron chi connectivity index (χ2n) is 2.88. The van der Waals surface area contributed by atoms with Gasteiger partial charge >= 0.3 is 0 Å². The van der Waals surface area contributed by atoms with E-state index in [1.165, 1.54) is 6.92 Å². The monoisotopic (exact) mass is 261 g/mol. The number of pyridine rings is 1. The van der Waals surface area contributed by atoms with Crippen LogP contribution in [0, 0.1) is 18.2 Å². The smallest absolute Gasteiger partial charge is 0.260 e. The lowest BCUT2D eigenvalue weighted by Crippen LogP contribution is -2.28. The lowest BCUT2D eigenvalue weighted by atomic mass is 10.2. The van der Waals surface area contributed by atoms with Crippen molar-refractivity contribution in [1.29, 1.82) is 5.41 Å². The minimum Gasteiger partial charge on any atom is -0.301 e. The van der Waals surface area contributed by atoms with E-state index < -0.39 is 11.7 Å². The Kier molecular flexibility index (Phi) is 4.26. The Morgan fingerprint density at radius 3 is 2.88 bits per heavy atom. The second kappa shape index (κ2) is 5.27. The van der Waals surface area contributed by atoms with E-state index in [-0.39, 0.29) is 21.6 Å². The van der Waals surface area contributed by atoms with Gasteiger partial charge in [-0.3, -0.25) is 10.2 Å². The first-order valence-electron chi connectivity index (χ1n) is 4.22. The number of amides is 1. The van der Waals surface area contributed by atoms with Crippen molar-refractivity contribution >= 4 is 34.4 Å². The van der Waals surface area contributed by atoms with Crippen LogP contribution in [-0.4, -0.2) is 22.3 Å². The maximum atomic E-state index is 13.5. The van der Waals surface area contributed by atoms with Crippen molar-refractivity contribution in [3.63, 3.8) is 0 Å². The molecule has 2 N–H and O–H groups in total. The molecule has 4 nitrogen and oxygen atoms in total. The van der Waals surface area contributed by atoms with Gasteiger partial charge in [0.15, 0.2) is 11.0 Å². The van der Waals surface area contributed by atoms with Crippen LogP contribution in [-0.2, 0) is 0 Å². The first-order valence-corrected chi connectivity index (χ1v) is 5.82. The molecule has 0 saturated carbocycles. The highest BCUT2D eigenvalue weighted by Gasteiger charge is 2.16. The van der Waals surface area contributed by atoms with E-state index in [4.69, 9.17) is 17.0 Å². The quantitative estimate of drug-likeness (QED) is 0.463. The Morgan fingerprint density at radius 1 is 1.69 bits per heavy atom. The van der Waals surface area contributed by atoms with E-state index in [0.717, 1.165) is 17.8 Å². The summed E-state index contributed by atoms with van der Waals surface area (Å²) in [7, 11) is 0. The van der Waals surface area contributed by atoms with Crippen molar-refractivity contribution in [2.24, 2.45) is 0 Å². The van der Waals surface area contributed by atoms with Gasteiger partial charge in [0.2, 0.25) is 0 Å². The van der Waals surface area contributed by atoms with Crippen LogP contribution in [0.4, 0.5) is 4.39 Å². The molecule has 1 aromatic rings. The van der Waals surface area contributed by atoms with Crippen LogP contribution in [0.1, 0.15) is 16.1 Å². The molecular formula is C9H9ClFN3OS. The summed E-state index contributed by atoms with van der Waals surface area (Å²) >= 11 is 6.66. The number of aryl methyl sites for hydroxylation is 1. The fourth-order valence-electron chi connectivity index (χ4n) is 1.01. The molecule has 1 amide bonds. The largest absolute Gasteiger partial charge is 0.301 e. The minimum absolute atomic E-state index is 0.0414. The number of nitrogens with zero attached hydrogens (tertiary/aromatic N) is 1. The van der Waals surface area contributed by atoms with Crippen LogP contribution < -0.4 is 5.32 Å². The molecule has 86 valence electrons. The van der Waals surface area contributed by atoms with Gasteiger partial charge in [-0.2, -0.15) is 0 Å². The minimum atomic E-state index is -0.726. The molecule has 0 atom stereocenters. The molecule has 0 saturated heterocycles. The first-order chi connectivity index (χ1) is 7.45. The average Bonchev–Trinajstić information content (AvgIpc) is 2.22. The molecule has 0 radical (unpaired) electrons. The molecule has 1 heterocycles. The lowest BCUT2D eigenvalue weighted by Gasteiger charge is -2.06. The van der Waals surface area contributed by atoms with Crippen LogP contribution >= 0.6 is 23.4 Å². The molecule has 0 aliphatic heterocycles. The second-order valence-corrected chi connectivity index (χ2v) is 4.08. The Labute approximate surface area is 101 Å². The number of hydrogen-bond acceptors (Lipinski definition) is 4. The normalized spacial score (nSPS) is 10.0. The standard InChI is InChI=1S/C9H9ClFN3OS/c1-4-7(11)5(3-6(10)13-4)8(15)14-9(12)16-2/h3H,1-2H3,(H2,12,14,15). The van der Waals surface area contributed by atoms with Crippen molar-refractivity contribution in [2.45, 2.75) is 6.92 Å². The zero-order chi connectivity index (χ0) is 12.3. The Bertz CT molecular complexity index is 453. The highest BCUT2D eigenvalue weighted by atomic mass is 35.5. The molecular weight excluding hydrogens is 253 g/mol. The maximum Gasteiger partial charge on any atom is 0.260 e. The number of hydrogen-bond donors (Lipinski definition) is 2. The van der Waals surface area contributed by atoms with E-state index in [1.54, 1.807) is 6.26 Å². The third-order valence-corrected chi connectivity index (χ3v) is 2.47. The topological polar surface area (TPSA) is 65.8 Å². The van der Waals surface area contributed by atoms with Crippen LogP contribution in [0.2, 0.25) is 5.15 Å². The van der Waals surface area contributed by atoms with E-state index in [1.807, 2.05) is 0 Å². The van der Waals surface area contributed by atoms with Crippen molar-refractivity contribution < 1.29 is 9.18 Å². The molecule has 1 aromatic heterocycles. The molecule has 0 aliphatic rings. The highest BCUT2D eigenvalue weighted by Crippen LogP contribution is 2.15. The van der Waals surface area contributed by atoms with E-state index in [0.29, 0.717) is 0 Å². The molecule has 0 fully saturated rings. The third-order valence-electron chi connectivity index (χ3n) is 1.77. The van der Waals surface area contributed by atoms with Crippen LogP contribution in [0.3, 0.4) is 0 Å². The van der Waals surface area contributed by atoms with Crippen molar-refractivity contribution in [2.75, 3.05) is 6.26 Å². The van der Waals surface area contributed by atoms with Gasteiger partial charge in [0.05, 0.1) is 11.3 Å². The van der Waals surface area contributed by atoms with Gasteiger partial charge in [0.25, 0.3) is 5.91 Å². The number of nitrogens with one attached hydrogen (secondary N) is 2. The number of aromatic nitrogens is 1. The molecule has 0 bridgehead atoms. The number of thioether (sulfide) groups is 1. The number of carbonyl (C=O) groups excluding carboxylic acids is 1. The summed E-state index contributed by atoms with van der Waals surface area (Å²) in [4.78, 5) is 15.2. The first kappa shape index (κ1) is 12.9. The molecule has 0 aliphatic carbocycles. The summed E-state index contributed by atoms with van der Waals surface area (Å²) < 4.78 is 13.5. The summed E-state index contributed by atoms with van der Waals surface area (Å²) in [5, 5.41) is 9.46. The summed E-state index contributed by atoms with van der Waals surface area (Å²) in [5.74, 6) is -1.43. The number of amidine groups is 1. The van der Waals surface area contributed by atoms with Crippen LogP contribution in [0.15, 0.2) is 6.07 Å². The predicted molar refractivity (Wildman–Crippen MR) is 62.6 cm³/mol. The number of rotatable bonds is 1.